The van der Waals surface area contributed by atoms with Gasteiger partial charge in [0.1, 0.15) is 5.71 Å². The summed E-state index contributed by atoms with van der Waals surface area (Å²) in [5, 5.41) is 6.59. The number of nitrogens with zero attached hydrogens (tertiary/aromatic N) is 3. The first kappa shape index (κ1) is 15.1. The Morgan fingerprint density at radius 1 is 1.21 bits per heavy atom. The van der Waals surface area contributed by atoms with E-state index in [1.165, 1.54) is 5.01 Å². The fourth-order valence-electron chi connectivity index (χ4n) is 2.99. The van der Waals surface area contributed by atoms with Gasteiger partial charge < -0.3 is 0 Å². The number of amidine groups is 1. The standard InChI is InChI=1S/C19H17N3OS/c1-13-17(15-10-6-3-7-11-15)21-22(18(13)23)19-20-16(12-24-19)14-8-4-2-5-9-14/h2-8,10-11,14,16H,1,9,12H2. The van der Waals surface area contributed by atoms with Crippen molar-refractivity contribution >= 4 is 28.5 Å². The van der Waals surface area contributed by atoms with Gasteiger partial charge in [-0.2, -0.15) is 10.1 Å². The van der Waals surface area contributed by atoms with Crippen LogP contribution in [-0.2, 0) is 4.79 Å². The van der Waals surface area contributed by atoms with Gasteiger partial charge in [0.25, 0.3) is 5.91 Å². The van der Waals surface area contributed by atoms with Crippen molar-refractivity contribution in [2.24, 2.45) is 16.0 Å². The highest BCUT2D eigenvalue weighted by molar-refractivity contribution is 8.14. The number of hydrazone groups is 1. The topological polar surface area (TPSA) is 45.0 Å². The SMILES string of the molecule is C=C1C(=O)N(C2=NC(C3C=CC=CC3)CS2)N=C1c1ccccc1. The fourth-order valence-corrected chi connectivity index (χ4v) is 4.09. The molecule has 2 heterocycles. The van der Waals surface area contributed by atoms with E-state index in [1.807, 2.05) is 30.3 Å². The normalized spacial score (nSPS) is 26.1. The molecule has 4 nitrogen and oxygen atoms in total. The van der Waals surface area contributed by atoms with Crippen molar-refractivity contribution < 1.29 is 4.79 Å². The summed E-state index contributed by atoms with van der Waals surface area (Å²) >= 11 is 1.59. The van der Waals surface area contributed by atoms with E-state index in [4.69, 9.17) is 4.99 Å². The van der Waals surface area contributed by atoms with Crippen LogP contribution in [0.1, 0.15) is 12.0 Å². The summed E-state index contributed by atoms with van der Waals surface area (Å²) in [6.45, 7) is 3.92. The summed E-state index contributed by atoms with van der Waals surface area (Å²) in [6, 6.07) is 9.87. The van der Waals surface area contributed by atoms with E-state index in [1.54, 1.807) is 11.8 Å². The van der Waals surface area contributed by atoms with Crippen molar-refractivity contribution in [1.82, 2.24) is 5.01 Å². The Balaban J connectivity index is 1.59. The van der Waals surface area contributed by atoms with E-state index in [0.29, 0.717) is 22.4 Å². The van der Waals surface area contributed by atoms with Gasteiger partial charge in [0.15, 0.2) is 5.17 Å². The average Bonchev–Trinajstić information content (AvgIpc) is 3.23. The fraction of sp³-hybridized carbons (Fsp3) is 0.211. The molecular formula is C19H17N3OS. The van der Waals surface area contributed by atoms with Crippen molar-refractivity contribution in [2.45, 2.75) is 12.5 Å². The molecule has 0 radical (unpaired) electrons. The lowest BCUT2D eigenvalue weighted by molar-refractivity contribution is -0.122. The quantitative estimate of drug-likeness (QED) is 0.778. The van der Waals surface area contributed by atoms with Gasteiger partial charge in [-0.3, -0.25) is 9.79 Å². The lowest BCUT2D eigenvalue weighted by Crippen LogP contribution is -2.26. The molecule has 4 rings (SSSR count). The number of rotatable bonds is 2. The largest absolute Gasteiger partial charge is 0.282 e. The molecule has 1 amide bonds. The lowest BCUT2D eigenvalue weighted by Gasteiger charge is -2.16. The summed E-state index contributed by atoms with van der Waals surface area (Å²) in [4.78, 5) is 17.3. The maximum atomic E-state index is 12.6. The van der Waals surface area contributed by atoms with Crippen LogP contribution < -0.4 is 0 Å². The van der Waals surface area contributed by atoms with Gasteiger partial charge in [0.2, 0.25) is 0 Å². The predicted molar refractivity (Wildman–Crippen MR) is 99.0 cm³/mol. The molecule has 2 aliphatic heterocycles. The third-order valence-corrected chi connectivity index (χ3v) is 5.38. The number of carbonyl (C=O) groups is 1. The molecular weight excluding hydrogens is 318 g/mol. The van der Waals surface area contributed by atoms with Gasteiger partial charge in [-0.1, -0.05) is 73.0 Å². The minimum atomic E-state index is -0.181. The van der Waals surface area contributed by atoms with Crippen LogP contribution in [0.2, 0.25) is 0 Å². The Bertz CT molecular complexity index is 807. The molecule has 5 heteroatoms. The van der Waals surface area contributed by atoms with E-state index >= 15 is 0 Å². The molecule has 0 saturated carbocycles. The zero-order valence-electron chi connectivity index (χ0n) is 13.1. The molecule has 1 aromatic rings. The Morgan fingerprint density at radius 2 is 2.04 bits per heavy atom. The van der Waals surface area contributed by atoms with Crippen LogP contribution in [-0.4, -0.2) is 33.6 Å². The molecule has 1 aliphatic carbocycles. The summed E-state index contributed by atoms with van der Waals surface area (Å²) < 4.78 is 0. The molecule has 0 saturated heterocycles. The molecule has 0 fully saturated rings. The second kappa shape index (κ2) is 6.24. The van der Waals surface area contributed by atoms with E-state index in [-0.39, 0.29) is 11.9 Å². The van der Waals surface area contributed by atoms with Gasteiger partial charge in [-0.05, 0) is 6.42 Å². The number of allylic oxidation sites excluding steroid dienone is 3. The van der Waals surface area contributed by atoms with E-state index in [0.717, 1.165) is 17.7 Å². The van der Waals surface area contributed by atoms with Crippen molar-refractivity contribution in [2.75, 3.05) is 5.75 Å². The van der Waals surface area contributed by atoms with Crippen LogP contribution >= 0.6 is 11.8 Å². The van der Waals surface area contributed by atoms with Crippen molar-refractivity contribution in [3.8, 4) is 0 Å². The second-order valence-electron chi connectivity index (χ2n) is 5.91. The zero-order chi connectivity index (χ0) is 16.5. The Kier molecular flexibility index (Phi) is 3.94. The Labute approximate surface area is 145 Å². The van der Waals surface area contributed by atoms with Crippen LogP contribution in [0.4, 0.5) is 0 Å². The number of thioether (sulfide) groups is 1. The van der Waals surface area contributed by atoms with Crippen LogP contribution in [0.3, 0.4) is 0 Å². The maximum Gasteiger partial charge on any atom is 0.282 e. The molecule has 1 aromatic carbocycles. The van der Waals surface area contributed by atoms with E-state index < -0.39 is 0 Å². The van der Waals surface area contributed by atoms with Crippen molar-refractivity contribution in [3.63, 3.8) is 0 Å². The van der Waals surface area contributed by atoms with Crippen LogP contribution in [0, 0.1) is 5.92 Å². The molecule has 2 unspecified atom stereocenters. The maximum absolute atomic E-state index is 12.6. The highest BCUT2D eigenvalue weighted by Crippen LogP contribution is 2.32. The van der Waals surface area contributed by atoms with Gasteiger partial charge in [0.05, 0.1) is 11.6 Å². The average molecular weight is 335 g/mol. The number of benzene rings is 1. The molecule has 3 aliphatic rings. The molecule has 24 heavy (non-hydrogen) atoms. The predicted octanol–water partition coefficient (Wildman–Crippen LogP) is 3.39. The number of hydrogen-bond acceptors (Lipinski definition) is 4. The number of aliphatic imine (C=N–C) groups is 1. The molecule has 0 aromatic heterocycles. The monoisotopic (exact) mass is 335 g/mol. The van der Waals surface area contributed by atoms with Gasteiger partial charge >= 0.3 is 0 Å². The summed E-state index contributed by atoms with van der Waals surface area (Å²) in [7, 11) is 0. The summed E-state index contributed by atoms with van der Waals surface area (Å²) in [5.41, 5.74) is 1.96. The molecule has 0 N–H and O–H groups in total. The van der Waals surface area contributed by atoms with Crippen LogP contribution in [0.15, 0.2) is 76.9 Å². The van der Waals surface area contributed by atoms with Crippen LogP contribution in [0.5, 0.6) is 0 Å². The minimum absolute atomic E-state index is 0.181. The first-order valence-electron chi connectivity index (χ1n) is 7.96. The Hall–Kier alpha value is -2.40. The summed E-state index contributed by atoms with van der Waals surface area (Å²) in [6.07, 6.45) is 9.49. The second-order valence-corrected chi connectivity index (χ2v) is 6.90. The lowest BCUT2D eigenvalue weighted by atomic mass is 9.94. The number of hydrogen-bond donors (Lipinski definition) is 0. The molecule has 120 valence electrons. The highest BCUT2D eigenvalue weighted by atomic mass is 32.2. The minimum Gasteiger partial charge on any atom is -0.267 e. The summed E-state index contributed by atoms with van der Waals surface area (Å²) in [5.74, 6) is 1.10. The zero-order valence-corrected chi connectivity index (χ0v) is 13.9. The smallest absolute Gasteiger partial charge is 0.267 e. The van der Waals surface area contributed by atoms with Gasteiger partial charge in [-0.15, -0.1) is 0 Å². The number of carbonyl (C=O) groups excluding carboxylic acids is 1. The van der Waals surface area contributed by atoms with E-state index in [2.05, 4.69) is 36.0 Å². The van der Waals surface area contributed by atoms with Gasteiger partial charge in [0, 0.05) is 17.2 Å². The van der Waals surface area contributed by atoms with Crippen molar-refractivity contribution in [3.05, 3.63) is 72.4 Å². The highest BCUT2D eigenvalue weighted by Gasteiger charge is 2.36. The van der Waals surface area contributed by atoms with Gasteiger partial charge in [-0.25, -0.2) is 0 Å². The van der Waals surface area contributed by atoms with Crippen molar-refractivity contribution in [1.29, 1.82) is 0 Å². The van der Waals surface area contributed by atoms with E-state index in [9.17, 15) is 4.79 Å². The molecule has 0 spiro atoms. The molecule has 0 bridgehead atoms. The number of amides is 1. The first-order chi connectivity index (χ1) is 11.7. The third-order valence-electron chi connectivity index (χ3n) is 4.33. The van der Waals surface area contributed by atoms with Crippen LogP contribution in [0.25, 0.3) is 0 Å². The molecule has 2 atom stereocenters. The first-order valence-corrected chi connectivity index (χ1v) is 8.94. The third kappa shape index (κ3) is 2.65. The Morgan fingerprint density at radius 3 is 2.79 bits per heavy atom.